The third-order valence-electron chi connectivity index (χ3n) is 1.53. The number of aromatic nitrogens is 2. The van der Waals surface area contributed by atoms with Gasteiger partial charge in [0, 0.05) is 6.20 Å². The fraction of sp³-hybridized carbons (Fsp3) is 0. The first-order valence-corrected chi connectivity index (χ1v) is 3.44. The van der Waals surface area contributed by atoms with Crippen LogP contribution in [0.3, 0.4) is 0 Å². The van der Waals surface area contributed by atoms with Crippen LogP contribution in [0.5, 0.6) is 0 Å². The molecule has 0 unspecified atom stereocenters. The molecule has 60 valence electrons. The topological polar surface area (TPSA) is 58.9 Å². The minimum absolute atomic E-state index is 0.161. The summed E-state index contributed by atoms with van der Waals surface area (Å²) < 4.78 is 4.76. The first-order chi connectivity index (χ1) is 5.88. The van der Waals surface area contributed by atoms with Gasteiger partial charge in [0.2, 0.25) is 0 Å². The van der Waals surface area contributed by atoms with Crippen LogP contribution in [0.1, 0.15) is 0 Å². The Hall–Kier alpha value is -1.84. The molecule has 0 saturated carbocycles. The Kier molecular flexibility index (Phi) is 1.51. The number of pyridine rings is 1. The summed E-state index contributed by atoms with van der Waals surface area (Å²) in [6.45, 7) is 0. The van der Waals surface area contributed by atoms with Crippen LogP contribution < -0.4 is 5.56 Å². The number of hydrogen-bond donors (Lipinski definition) is 1. The van der Waals surface area contributed by atoms with E-state index >= 15 is 0 Å². The van der Waals surface area contributed by atoms with Crippen LogP contribution in [-0.2, 0) is 0 Å². The van der Waals surface area contributed by atoms with Crippen LogP contribution in [0.2, 0.25) is 0 Å². The van der Waals surface area contributed by atoms with E-state index in [4.69, 9.17) is 4.42 Å². The van der Waals surface area contributed by atoms with Crippen LogP contribution in [0.25, 0.3) is 11.3 Å². The SMILES string of the molecule is O=c1[nH]cccc1-c1cocn1. The van der Waals surface area contributed by atoms with Gasteiger partial charge in [-0.25, -0.2) is 4.98 Å². The Balaban J connectivity index is 2.63. The number of hydrogen-bond acceptors (Lipinski definition) is 3. The number of H-pyrrole nitrogens is 1. The minimum Gasteiger partial charge on any atom is -0.451 e. The van der Waals surface area contributed by atoms with Crippen molar-refractivity contribution in [3.05, 3.63) is 41.3 Å². The summed E-state index contributed by atoms with van der Waals surface area (Å²) in [7, 11) is 0. The quantitative estimate of drug-likeness (QED) is 0.681. The van der Waals surface area contributed by atoms with Crippen LogP contribution in [-0.4, -0.2) is 9.97 Å². The van der Waals surface area contributed by atoms with E-state index in [-0.39, 0.29) is 5.56 Å². The number of nitrogens with one attached hydrogen (secondary N) is 1. The van der Waals surface area contributed by atoms with Crippen molar-refractivity contribution in [2.45, 2.75) is 0 Å². The number of rotatable bonds is 1. The van der Waals surface area contributed by atoms with E-state index in [1.165, 1.54) is 12.7 Å². The van der Waals surface area contributed by atoms with Gasteiger partial charge in [-0.3, -0.25) is 4.79 Å². The summed E-state index contributed by atoms with van der Waals surface area (Å²) in [5.74, 6) is 0. The molecule has 0 radical (unpaired) electrons. The van der Waals surface area contributed by atoms with Gasteiger partial charge in [-0.2, -0.15) is 0 Å². The zero-order valence-electron chi connectivity index (χ0n) is 6.15. The molecular formula is C8H6N2O2. The fourth-order valence-electron chi connectivity index (χ4n) is 0.969. The smallest absolute Gasteiger partial charge is 0.257 e. The van der Waals surface area contributed by atoms with Crippen molar-refractivity contribution in [3.63, 3.8) is 0 Å². The van der Waals surface area contributed by atoms with Gasteiger partial charge in [-0.15, -0.1) is 0 Å². The normalized spacial score (nSPS) is 10.0. The predicted octanol–water partition coefficient (Wildman–Crippen LogP) is 1.03. The first-order valence-electron chi connectivity index (χ1n) is 3.44. The Morgan fingerprint density at radius 2 is 2.42 bits per heavy atom. The lowest BCUT2D eigenvalue weighted by Gasteiger charge is -1.90. The van der Waals surface area contributed by atoms with Gasteiger partial charge in [-0.05, 0) is 12.1 Å². The van der Waals surface area contributed by atoms with E-state index < -0.39 is 0 Å². The lowest BCUT2D eigenvalue weighted by molar-refractivity contribution is 0.558. The van der Waals surface area contributed by atoms with Crippen molar-refractivity contribution in [1.29, 1.82) is 0 Å². The maximum atomic E-state index is 11.2. The molecule has 0 aliphatic carbocycles. The third kappa shape index (κ3) is 1.03. The fourth-order valence-corrected chi connectivity index (χ4v) is 0.969. The van der Waals surface area contributed by atoms with Gasteiger partial charge < -0.3 is 9.40 Å². The van der Waals surface area contributed by atoms with Crippen LogP contribution in [0.15, 0.2) is 40.2 Å². The van der Waals surface area contributed by atoms with E-state index in [1.807, 2.05) is 0 Å². The minimum atomic E-state index is -0.161. The zero-order chi connectivity index (χ0) is 8.39. The predicted molar refractivity (Wildman–Crippen MR) is 42.6 cm³/mol. The van der Waals surface area contributed by atoms with Gasteiger partial charge in [0.05, 0.1) is 5.56 Å². The third-order valence-corrected chi connectivity index (χ3v) is 1.53. The maximum Gasteiger partial charge on any atom is 0.257 e. The highest BCUT2D eigenvalue weighted by Gasteiger charge is 2.03. The van der Waals surface area contributed by atoms with Crippen LogP contribution in [0, 0.1) is 0 Å². The molecule has 4 heteroatoms. The molecule has 2 aromatic heterocycles. The van der Waals surface area contributed by atoms with Crippen molar-refractivity contribution >= 4 is 0 Å². The standard InChI is InChI=1S/C8H6N2O2/c11-8-6(2-1-3-9-8)7-4-12-5-10-7/h1-5H,(H,9,11). The second-order valence-electron chi connectivity index (χ2n) is 2.29. The molecule has 0 spiro atoms. The van der Waals surface area contributed by atoms with E-state index in [0.717, 1.165) is 0 Å². The Morgan fingerprint density at radius 1 is 1.50 bits per heavy atom. The van der Waals surface area contributed by atoms with E-state index in [1.54, 1.807) is 18.3 Å². The van der Waals surface area contributed by atoms with Crippen LogP contribution in [0.4, 0.5) is 0 Å². The lowest BCUT2D eigenvalue weighted by Crippen LogP contribution is -2.06. The molecule has 0 aliphatic heterocycles. The summed E-state index contributed by atoms with van der Waals surface area (Å²) in [4.78, 5) is 17.6. The molecule has 0 aromatic carbocycles. The van der Waals surface area contributed by atoms with Crippen molar-refractivity contribution < 1.29 is 4.42 Å². The van der Waals surface area contributed by atoms with Gasteiger partial charge >= 0.3 is 0 Å². The Bertz CT molecular complexity index is 417. The van der Waals surface area contributed by atoms with Crippen molar-refractivity contribution in [2.75, 3.05) is 0 Å². The van der Waals surface area contributed by atoms with Crippen LogP contribution >= 0.6 is 0 Å². The second-order valence-corrected chi connectivity index (χ2v) is 2.29. The average molecular weight is 162 g/mol. The number of nitrogens with zero attached hydrogens (tertiary/aromatic N) is 1. The van der Waals surface area contributed by atoms with E-state index in [9.17, 15) is 4.79 Å². The highest BCUT2D eigenvalue weighted by Crippen LogP contribution is 2.09. The summed E-state index contributed by atoms with van der Waals surface area (Å²) in [5.41, 5.74) is 0.912. The monoisotopic (exact) mass is 162 g/mol. The molecule has 2 heterocycles. The number of oxazole rings is 1. The molecule has 0 aliphatic rings. The Labute approximate surface area is 67.9 Å². The number of aromatic amines is 1. The lowest BCUT2D eigenvalue weighted by atomic mass is 10.2. The second kappa shape index (κ2) is 2.65. The highest BCUT2D eigenvalue weighted by molar-refractivity contribution is 5.55. The summed E-state index contributed by atoms with van der Waals surface area (Å²) in [6, 6.07) is 3.43. The molecule has 0 atom stereocenters. The van der Waals surface area contributed by atoms with Gasteiger partial charge in [-0.1, -0.05) is 0 Å². The largest absolute Gasteiger partial charge is 0.451 e. The van der Waals surface area contributed by atoms with Crippen molar-refractivity contribution in [3.8, 4) is 11.3 Å². The summed E-state index contributed by atoms with van der Waals surface area (Å²) >= 11 is 0. The van der Waals surface area contributed by atoms with Crippen molar-refractivity contribution in [1.82, 2.24) is 9.97 Å². The molecule has 0 saturated heterocycles. The van der Waals surface area contributed by atoms with Gasteiger partial charge in [0.25, 0.3) is 5.56 Å². The molecule has 1 N–H and O–H groups in total. The van der Waals surface area contributed by atoms with E-state index in [0.29, 0.717) is 11.3 Å². The van der Waals surface area contributed by atoms with Gasteiger partial charge in [0.15, 0.2) is 6.39 Å². The molecule has 0 fully saturated rings. The first kappa shape index (κ1) is 6.84. The molecule has 0 amide bonds. The van der Waals surface area contributed by atoms with Gasteiger partial charge in [0.1, 0.15) is 12.0 Å². The van der Waals surface area contributed by atoms with E-state index in [2.05, 4.69) is 9.97 Å². The molecule has 2 rings (SSSR count). The Morgan fingerprint density at radius 3 is 3.08 bits per heavy atom. The van der Waals surface area contributed by atoms with Crippen molar-refractivity contribution in [2.24, 2.45) is 0 Å². The molecule has 2 aromatic rings. The molecule has 0 bridgehead atoms. The zero-order valence-corrected chi connectivity index (χ0v) is 6.15. The molecule has 4 nitrogen and oxygen atoms in total. The average Bonchev–Trinajstić information content (AvgIpc) is 2.57. The summed E-state index contributed by atoms with van der Waals surface area (Å²) in [5, 5.41) is 0. The maximum absolute atomic E-state index is 11.2. The summed E-state index contributed by atoms with van der Waals surface area (Å²) in [6.07, 6.45) is 4.30. The highest BCUT2D eigenvalue weighted by atomic mass is 16.3. The molecule has 12 heavy (non-hydrogen) atoms. The molecular weight excluding hydrogens is 156 g/mol.